The third kappa shape index (κ3) is 4.92. The van der Waals surface area contributed by atoms with Crippen molar-refractivity contribution in [3.63, 3.8) is 0 Å². The molecule has 2 N–H and O–H groups in total. The predicted octanol–water partition coefficient (Wildman–Crippen LogP) is 1.42. The number of nitrogens with two attached hydrogens (primary N) is 1. The second-order valence-electron chi connectivity index (χ2n) is 1.75. The smallest absolute Gasteiger partial charge is 0.227 e. The zero-order valence-electron chi connectivity index (χ0n) is 6.78. The molecule has 0 aliphatic heterocycles. The van der Waals surface area contributed by atoms with Crippen LogP contribution in [-0.4, -0.2) is 20.3 Å². The van der Waals surface area contributed by atoms with Gasteiger partial charge in [0.15, 0.2) is 0 Å². The molecule has 4 nitrogen and oxygen atoms in total. The van der Waals surface area contributed by atoms with Gasteiger partial charge in [0, 0.05) is 0 Å². The lowest BCUT2D eigenvalue weighted by atomic mass is 10.7. The lowest BCUT2D eigenvalue weighted by Gasteiger charge is -1.92. The minimum atomic E-state index is 0.139. The first-order valence-electron chi connectivity index (χ1n) is 3.13. The largest absolute Gasteiger partial charge is 0.368 e. The van der Waals surface area contributed by atoms with Gasteiger partial charge in [-0.3, -0.25) is 0 Å². The second kappa shape index (κ2) is 5.79. The molecule has 12 heavy (non-hydrogen) atoms. The van der Waals surface area contributed by atoms with Crippen LogP contribution in [0.1, 0.15) is 12.7 Å². The number of halogens is 1. The SMILES string of the molecule is CC=S.Cc1nc(N)nc(Cl)n1. The number of anilines is 1. The standard InChI is InChI=1S/C4H5ClN4.C2H4S/c1-2-7-3(5)9-4(6)8-2;1-2-3/h1H3,(H2,6,7,8,9);2H,1H3. The summed E-state index contributed by atoms with van der Waals surface area (Å²) >= 11 is 9.68. The third-order valence-corrected chi connectivity index (χ3v) is 0.906. The lowest BCUT2D eigenvalue weighted by Crippen LogP contribution is -1.98. The fourth-order valence-electron chi connectivity index (χ4n) is 0.469. The number of hydrogen-bond donors (Lipinski definition) is 1. The normalized spacial score (nSPS) is 8.25. The van der Waals surface area contributed by atoms with Gasteiger partial charge in [0.25, 0.3) is 0 Å². The molecule has 66 valence electrons. The summed E-state index contributed by atoms with van der Waals surface area (Å²) < 4.78 is 0. The molecule has 1 aromatic heterocycles. The highest BCUT2D eigenvalue weighted by Gasteiger charge is 1.94. The maximum absolute atomic E-state index is 5.41. The summed E-state index contributed by atoms with van der Waals surface area (Å²) in [6.07, 6.45) is 0. The summed E-state index contributed by atoms with van der Waals surface area (Å²) in [6, 6.07) is 0. The van der Waals surface area contributed by atoms with Gasteiger partial charge < -0.3 is 5.73 Å². The van der Waals surface area contributed by atoms with Gasteiger partial charge in [-0.1, -0.05) is 12.2 Å². The van der Waals surface area contributed by atoms with Crippen molar-refractivity contribution in [3.8, 4) is 0 Å². The highest BCUT2D eigenvalue weighted by molar-refractivity contribution is 7.78. The Labute approximate surface area is 81.2 Å². The minimum Gasteiger partial charge on any atom is -0.368 e. The van der Waals surface area contributed by atoms with E-state index in [2.05, 4.69) is 27.2 Å². The van der Waals surface area contributed by atoms with E-state index in [1.54, 1.807) is 12.3 Å². The van der Waals surface area contributed by atoms with Crippen LogP contribution in [0.3, 0.4) is 0 Å². The van der Waals surface area contributed by atoms with Crippen molar-refractivity contribution in [2.75, 3.05) is 5.73 Å². The average molecular weight is 205 g/mol. The van der Waals surface area contributed by atoms with Gasteiger partial charge in [-0.25, -0.2) is 4.98 Å². The molecule has 0 radical (unpaired) electrons. The summed E-state index contributed by atoms with van der Waals surface area (Å²) in [5, 5.41) is 1.72. The highest BCUT2D eigenvalue weighted by Crippen LogP contribution is 2.00. The number of thiocarbonyl (C=S) groups is 1. The quantitative estimate of drug-likeness (QED) is 0.648. The van der Waals surface area contributed by atoms with Crippen LogP contribution >= 0.6 is 23.8 Å². The van der Waals surface area contributed by atoms with Gasteiger partial charge in [-0.2, -0.15) is 9.97 Å². The van der Waals surface area contributed by atoms with Gasteiger partial charge in [0.1, 0.15) is 5.82 Å². The molecule has 0 amide bonds. The lowest BCUT2D eigenvalue weighted by molar-refractivity contribution is 0.989. The van der Waals surface area contributed by atoms with E-state index in [0.29, 0.717) is 5.82 Å². The molecule has 0 saturated carbocycles. The summed E-state index contributed by atoms with van der Waals surface area (Å²) in [7, 11) is 0. The van der Waals surface area contributed by atoms with E-state index in [-0.39, 0.29) is 11.2 Å². The first-order valence-corrected chi connectivity index (χ1v) is 3.98. The van der Waals surface area contributed by atoms with Gasteiger partial charge in [-0.05, 0) is 30.8 Å². The van der Waals surface area contributed by atoms with Gasteiger partial charge in [-0.15, -0.1) is 0 Å². The maximum atomic E-state index is 5.41. The van der Waals surface area contributed by atoms with E-state index >= 15 is 0 Å². The van der Waals surface area contributed by atoms with Crippen molar-refractivity contribution >= 4 is 35.1 Å². The number of rotatable bonds is 0. The molecule has 0 fully saturated rings. The number of hydrogen-bond acceptors (Lipinski definition) is 5. The van der Waals surface area contributed by atoms with E-state index in [1.165, 1.54) is 0 Å². The molecule has 1 heterocycles. The van der Waals surface area contributed by atoms with Crippen molar-refractivity contribution < 1.29 is 0 Å². The van der Waals surface area contributed by atoms with Crippen molar-refractivity contribution in [3.05, 3.63) is 11.1 Å². The summed E-state index contributed by atoms with van der Waals surface area (Å²) in [4.78, 5) is 11.0. The molecule has 0 aliphatic carbocycles. The highest BCUT2D eigenvalue weighted by atomic mass is 35.5. The minimum absolute atomic E-state index is 0.139. The monoisotopic (exact) mass is 204 g/mol. The van der Waals surface area contributed by atoms with Crippen molar-refractivity contribution in [1.82, 2.24) is 15.0 Å². The molecule has 0 spiro atoms. The third-order valence-electron chi connectivity index (χ3n) is 0.737. The van der Waals surface area contributed by atoms with Crippen LogP contribution in [0.4, 0.5) is 5.95 Å². The van der Waals surface area contributed by atoms with Crippen LogP contribution in [0.25, 0.3) is 0 Å². The Bertz CT molecular complexity index is 215. The average Bonchev–Trinajstić information content (AvgIpc) is 1.84. The van der Waals surface area contributed by atoms with Crippen molar-refractivity contribution in [2.45, 2.75) is 13.8 Å². The molecule has 0 aliphatic rings. The van der Waals surface area contributed by atoms with Crippen LogP contribution in [0.15, 0.2) is 0 Å². The topological polar surface area (TPSA) is 64.7 Å². The molecular formula is C6H9ClN4S. The summed E-state index contributed by atoms with van der Waals surface area (Å²) in [5.41, 5.74) is 5.21. The summed E-state index contributed by atoms with van der Waals surface area (Å²) in [5.74, 6) is 0.694. The zero-order valence-corrected chi connectivity index (χ0v) is 8.35. The molecule has 1 aromatic rings. The van der Waals surface area contributed by atoms with Crippen LogP contribution in [0.5, 0.6) is 0 Å². The van der Waals surface area contributed by atoms with Crippen molar-refractivity contribution in [2.24, 2.45) is 0 Å². The van der Waals surface area contributed by atoms with Gasteiger partial charge in [0.05, 0.1) is 0 Å². The Kier molecular flexibility index (Phi) is 5.40. The predicted molar refractivity (Wildman–Crippen MR) is 53.3 cm³/mol. The van der Waals surface area contributed by atoms with E-state index in [4.69, 9.17) is 17.3 Å². The Morgan fingerprint density at radius 1 is 1.42 bits per heavy atom. The van der Waals surface area contributed by atoms with Crippen LogP contribution in [0, 0.1) is 6.92 Å². The maximum Gasteiger partial charge on any atom is 0.227 e. The first kappa shape index (κ1) is 11.2. The second-order valence-corrected chi connectivity index (χ2v) is 2.56. The molecule has 0 bridgehead atoms. The first-order chi connectivity index (χ1) is 5.60. The van der Waals surface area contributed by atoms with E-state index in [1.807, 2.05) is 6.92 Å². The number of nitrogens with zero attached hydrogens (tertiary/aromatic N) is 3. The Hall–Kier alpha value is -0.810. The van der Waals surface area contributed by atoms with E-state index in [9.17, 15) is 0 Å². The molecule has 0 saturated heterocycles. The zero-order chi connectivity index (χ0) is 9.56. The molecule has 0 atom stereocenters. The number of aryl methyl sites for hydroxylation is 1. The molecular weight excluding hydrogens is 196 g/mol. The summed E-state index contributed by atoms with van der Waals surface area (Å²) in [6.45, 7) is 3.51. The van der Waals surface area contributed by atoms with Crippen molar-refractivity contribution in [1.29, 1.82) is 0 Å². The fraction of sp³-hybridized carbons (Fsp3) is 0.333. The molecule has 1 rings (SSSR count). The molecule has 0 aromatic carbocycles. The number of nitrogen functional groups attached to an aromatic ring is 1. The van der Waals surface area contributed by atoms with Crippen LogP contribution < -0.4 is 5.73 Å². The molecule has 0 unspecified atom stereocenters. The van der Waals surface area contributed by atoms with E-state index < -0.39 is 0 Å². The van der Waals surface area contributed by atoms with E-state index in [0.717, 1.165) is 0 Å². The Morgan fingerprint density at radius 3 is 2.25 bits per heavy atom. The molecule has 6 heteroatoms. The Morgan fingerprint density at radius 2 is 1.92 bits per heavy atom. The van der Waals surface area contributed by atoms with Crippen LogP contribution in [0.2, 0.25) is 5.28 Å². The number of aromatic nitrogens is 3. The Balaban J connectivity index is 0.000000354. The van der Waals surface area contributed by atoms with Crippen LogP contribution in [-0.2, 0) is 0 Å². The fourth-order valence-corrected chi connectivity index (χ4v) is 0.678. The van der Waals surface area contributed by atoms with Gasteiger partial charge in [0.2, 0.25) is 11.2 Å². The van der Waals surface area contributed by atoms with Gasteiger partial charge >= 0.3 is 0 Å².